The summed E-state index contributed by atoms with van der Waals surface area (Å²) in [5.74, 6) is 1.88. The van der Waals surface area contributed by atoms with Gasteiger partial charge in [-0.05, 0) is 82.8 Å². The molecule has 214 valence electrons. The van der Waals surface area contributed by atoms with Crippen LogP contribution in [-0.4, -0.2) is 51.7 Å². The van der Waals surface area contributed by atoms with Crippen LogP contribution in [0.1, 0.15) is 107 Å². The highest BCUT2D eigenvalue weighted by molar-refractivity contribution is 7.89. The fourth-order valence-corrected chi connectivity index (χ4v) is 7.85. The molecule has 0 radical (unpaired) electrons. The van der Waals surface area contributed by atoms with Gasteiger partial charge in [0, 0.05) is 36.7 Å². The van der Waals surface area contributed by atoms with E-state index in [4.69, 9.17) is 10.2 Å². The Bertz CT molecular complexity index is 1330. The zero-order chi connectivity index (χ0) is 28.3. The first kappa shape index (κ1) is 28.3. The molecule has 5 rings (SSSR count). The highest BCUT2D eigenvalue weighted by atomic mass is 32.2. The van der Waals surface area contributed by atoms with Crippen LogP contribution in [-0.2, 0) is 14.8 Å². The molecule has 39 heavy (non-hydrogen) atoms. The van der Waals surface area contributed by atoms with Crippen LogP contribution >= 0.6 is 0 Å². The smallest absolute Gasteiger partial charge is 0.229 e. The van der Waals surface area contributed by atoms with E-state index in [0.29, 0.717) is 23.3 Å². The maximum Gasteiger partial charge on any atom is 0.229 e. The van der Waals surface area contributed by atoms with Gasteiger partial charge >= 0.3 is 0 Å². The molecule has 1 N–H and O–H groups in total. The minimum Gasteiger partial charge on any atom is -0.326 e. The molecule has 2 saturated carbocycles. The molecule has 9 heteroatoms. The number of carbonyl (C=O) groups excluding carboxylic acids is 1. The molecule has 0 bridgehead atoms. The number of hydrogen-bond acceptors (Lipinski definition) is 5. The van der Waals surface area contributed by atoms with Gasteiger partial charge in [0.1, 0.15) is 11.6 Å². The summed E-state index contributed by atoms with van der Waals surface area (Å²) in [5.41, 5.74) is 3.20. The number of carbonyl (C=O) groups is 1. The van der Waals surface area contributed by atoms with Crippen LogP contribution in [0.15, 0.2) is 18.2 Å². The third-order valence-electron chi connectivity index (χ3n) is 8.71. The van der Waals surface area contributed by atoms with E-state index in [1.807, 2.05) is 32.0 Å². The van der Waals surface area contributed by atoms with Crippen molar-refractivity contribution in [2.75, 3.05) is 18.4 Å². The van der Waals surface area contributed by atoms with Crippen molar-refractivity contribution in [3.8, 4) is 0 Å². The number of nitrogens with one attached hydrogen (secondary N) is 1. The Kier molecular flexibility index (Phi) is 7.46. The minimum absolute atomic E-state index is 0.158. The molecule has 2 aliphatic carbocycles. The zero-order valence-corrected chi connectivity index (χ0v) is 25.4. The lowest BCUT2D eigenvalue weighted by atomic mass is 9.68. The van der Waals surface area contributed by atoms with E-state index in [1.165, 1.54) is 10.7 Å². The lowest BCUT2D eigenvalue weighted by Crippen LogP contribution is -2.36. The van der Waals surface area contributed by atoms with Crippen LogP contribution in [0.5, 0.6) is 0 Å². The van der Waals surface area contributed by atoms with Crippen molar-refractivity contribution in [2.24, 2.45) is 17.3 Å². The summed E-state index contributed by atoms with van der Waals surface area (Å²) in [5, 5.41) is 12.0. The number of aryl methyl sites for hydroxylation is 2. The fraction of sp³-hybridized carbons (Fsp3) is 0.700. The Morgan fingerprint density at radius 3 is 2.33 bits per heavy atom. The van der Waals surface area contributed by atoms with Crippen molar-refractivity contribution >= 4 is 21.6 Å². The fourth-order valence-electron chi connectivity index (χ4n) is 6.51. The molecule has 3 aliphatic rings. The average Bonchev–Trinajstić information content (AvgIpc) is 3.39. The van der Waals surface area contributed by atoms with Crippen molar-refractivity contribution in [1.82, 2.24) is 19.1 Å². The van der Waals surface area contributed by atoms with Crippen molar-refractivity contribution in [3.05, 3.63) is 41.0 Å². The van der Waals surface area contributed by atoms with Crippen molar-refractivity contribution in [1.29, 1.82) is 0 Å². The zero-order valence-electron chi connectivity index (χ0n) is 24.6. The Morgan fingerprint density at radius 2 is 1.74 bits per heavy atom. The molecule has 8 nitrogen and oxygen atoms in total. The molecule has 1 amide bonds. The van der Waals surface area contributed by atoms with Crippen molar-refractivity contribution in [3.63, 3.8) is 0 Å². The standard InChI is InChI=1S/C30H45N5O3S/c1-18(2)39(37,38)34-16-24(25(17-34)29(36)31-26-11-8-19(3)12-20(26)4)28-33-32-27(35(28)23-9-10-23)22-13-21(14-22)15-30(5,6)7/h8,11-12,18,21-25H,9-10,13-17H2,1-7H3,(H,31,36)/t21?,22?,24-,25-/m0/s1. The topological polar surface area (TPSA) is 97.2 Å². The van der Waals surface area contributed by atoms with Crippen LogP contribution in [0.2, 0.25) is 0 Å². The predicted octanol–water partition coefficient (Wildman–Crippen LogP) is 5.55. The predicted molar refractivity (Wildman–Crippen MR) is 154 cm³/mol. The summed E-state index contributed by atoms with van der Waals surface area (Å²) in [7, 11) is -3.52. The van der Waals surface area contributed by atoms with Gasteiger partial charge in [0.2, 0.25) is 15.9 Å². The number of amides is 1. The molecule has 1 aromatic carbocycles. The van der Waals surface area contributed by atoms with E-state index in [0.717, 1.165) is 54.1 Å². The van der Waals surface area contributed by atoms with Gasteiger partial charge in [-0.1, -0.05) is 38.5 Å². The van der Waals surface area contributed by atoms with E-state index in [9.17, 15) is 13.2 Å². The number of sulfonamides is 1. The minimum atomic E-state index is -3.52. The summed E-state index contributed by atoms with van der Waals surface area (Å²) >= 11 is 0. The Labute approximate surface area is 234 Å². The van der Waals surface area contributed by atoms with E-state index >= 15 is 0 Å². The number of benzene rings is 1. The summed E-state index contributed by atoms with van der Waals surface area (Å²) in [6.45, 7) is 14.7. The Hall–Kier alpha value is -2.26. The van der Waals surface area contributed by atoms with Crippen LogP contribution in [0.4, 0.5) is 5.69 Å². The normalized spacial score (nSPS) is 26.2. The third-order valence-corrected chi connectivity index (χ3v) is 10.9. The quantitative estimate of drug-likeness (QED) is 0.461. The molecule has 0 unspecified atom stereocenters. The second-order valence-corrected chi connectivity index (χ2v) is 16.2. The molecule has 1 aliphatic heterocycles. The second kappa shape index (κ2) is 10.3. The number of anilines is 1. The third kappa shape index (κ3) is 5.80. The first-order valence-electron chi connectivity index (χ1n) is 14.6. The molecular weight excluding hydrogens is 510 g/mol. The number of nitrogens with zero attached hydrogens (tertiary/aromatic N) is 4. The Morgan fingerprint density at radius 1 is 1.08 bits per heavy atom. The van der Waals surface area contributed by atoms with Crippen LogP contribution in [0.25, 0.3) is 0 Å². The van der Waals surface area contributed by atoms with Gasteiger partial charge in [-0.3, -0.25) is 4.79 Å². The van der Waals surface area contributed by atoms with Gasteiger partial charge in [0.25, 0.3) is 0 Å². The molecule has 3 fully saturated rings. The molecule has 2 atom stereocenters. The molecule has 2 aromatic rings. The molecule has 1 aromatic heterocycles. The second-order valence-electron chi connectivity index (χ2n) is 13.7. The SMILES string of the molecule is Cc1ccc(NC(=O)[C@H]2CN(S(=O)(=O)C(C)C)C[C@@H]2c2nnc(C3CC(CC(C)(C)C)C3)n2C2CC2)c(C)c1. The van der Waals surface area contributed by atoms with E-state index in [-0.39, 0.29) is 24.9 Å². The lowest BCUT2D eigenvalue weighted by Gasteiger charge is -2.38. The van der Waals surface area contributed by atoms with Crippen LogP contribution in [0.3, 0.4) is 0 Å². The number of hydrogen-bond donors (Lipinski definition) is 1. The van der Waals surface area contributed by atoms with Crippen molar-refractivity contribution in [2.45, 2.75) is 104 Å². The summed E-state index contributed by atoms with van der Waals surface area (Å²) in [4.78, 5) is 13.8. The van der Waals surface area contributed by atoms with Gasteiger partial charge in [0.05, 0.1) is 11.2 Å². The average molecular weight is 556 g/mol. The summed E-state index contributed by atoms with van der Waals surface area (Å²) < 4.78 is 30.3. The molecule has 2 heterocycles. The van der Waals surface area contributed by atoms with E-state index in [2.05, 4.69) is 30.7 Å². The first-order valence-corrected chi connectivity index (χ1v) is 16.1. The van der Waals surface area contributed by atoms with Gasteiger partial charge in [0.15, 0.2) is 0 Å². The molecular formula is C30H45N5O3S. The van der Waals surface area contributed by atoms with Crippen LogP contribution < -0.4 is 5.32 Å². The van der Waals surface area contributed by atoms with E-state index in [1.54, 1.807) is 13.8 Å². The maximum atomic E-state index is 13.8. The molecule has 1 saturated heterocycles. The summed E-state index contributed by atoms with van der Waals surface area (Å²) in [6.07, 6.45) is 5.61. The van der Waals surface area contributed by atoms with Gasteiger partial charge in [-0.25, -0.2) is 12.7 Å². The largest absolute Gasteiger partial charge is 0.326 e. The first-order chi connectivity index (χ1) is 18.2. The molecule has 0 spiro atoms. The highest BCUT2D eigenvalue weighted by Gasteiger charge is 2.48. The summed E-state index contributed by atoms with van der Waals surface area (Å²) in [6, 6.07) is 6.29. The van der Waals surface area contributed by atoms with Crippen LogP contribution in [0, 0.1) is 31.1 Å². The van der Waals surface area contributed by atoms with Gasteiger partial charge in [-0.2, -0.15) is 0 Å². The number of aromatic nitrogens is 3. The lowest BCUT2D eigenvalue weighted by molar-refractivity contribution is -0.119. The monoisotopic (exact) mass is 555 g/mol. The van der Waals surface area contributed by atoms with Gasteiger partial charge in [-0.15, -0.1) is 10.2 Å². The van der Waals surface area contributed by atoms with Crippen molar-refractivity contribution < 1.29 is 13.2 Å². The number of rotatable bonds is 8. The Balaban J connectivity index is 1.44. The van der Waals surface area contributed by atoms with E-state index < -0.39 is 21.2 Å². The maximum absolute atomic E-state index is 13.8. The van der Waals surface area contributed by atoms with Gasteiger partial charge < -0.3 is 9.88 Å². The highest BCUT2D eigenvalue weighted by Crippen LogP contribution is 2.50.